The molecule has 0 fully saturated rings. The smallest absolute Gasteiger partial charge is 0.229 e. The fourth-order valence-corrected chi connectivity index (χ4v) is 3.37. The van der Waals surface area contributed by atoms with Gasteiger partial charge in [0, 0.05) is 29.4 Å². The van der Waals surface area contributed by atoms with Crippen LogP contribution in [0.3, 0.4) is 0 Å². The molecule has 0 amide bonds. The normalized spacial score (nSPS) is 13.5. The summed E-state index contributed by atoms with van der Waals surface area (Å²) >= 11 is 3.48. The highest BCUT2D eigenvalue weighted by Gasteiger charge is 2.17. The molecular weight excluding hydrogens is 364 g/mol. The zero-order valence-electron chi connectivity index (χ0n) is 13.1. The van der Waals surface area contributed by atoms with Crippen LogP contribution in [-0.4, -0.2) is 16.5 Å². The molecule has 120 valence electrons. The molecule has 24 heavy (non-hydrogen) atoms. The Labute approximate surface area is 149 Å². The topological polar surface area (TPSA) is 41.1 Å². The van der Waals surface area contributed by atoms with Gasteiger partial charge in [0.1, 0.15) is 5.82 Å². The summed E-state index contributed by atoms with van der Waals surface area (Å²) in [5.41, 5.74) is 3.78. The van der Waals surface area contributed by atoms with Gasteiger partial charge in [0.25, 0.3) is 0 Å². The Morgan fingerprint density at radius 1 is 1.00 bits per heavy atom. The summed E-state index contributed by atoms with van der Waals surface area (Å²) in [5, 5.41) is 3.26. The molecular formula is C19H17BrN4. The van der Waals surface area contributed by atoms with Crippen LogP contribution in [0.1, 0.15) is 11.1 Å². The van der Waals surface area contributed by atoms with Crippen molar-refractivity contribution in [3.8, 4) is 0 Å². The third-order valence-electron chi connectivity index (χ3n) is 4.18. The quantitative estimate of drug-likeness (QED) is 0.723. The number of nitrogens with zero attached hydrogens (tertiary/aromatic N) is 3. The second kappa shape index (κ2) is 6.61. The lowest BCUT2D eigenvalue weighted by Crippen LogP contribution is -2.31. The largest absolute Gasteiger partial charge is 0.352 e. The van der Waals surface area contributed by atoms with Gasteiger partial charge in [0.2, 0.25) is 5.95 Å². The third kappa shape index (κ3) is 3.26. The average Bonchev–Trinajstić information content (AvgIpc) is 2.61. The van der Waals surface area contributed by atoms with E-state index in [1.807, 2.05) is 36.5 Å². The molecule has 4 rings (SSSR count). The van der Waals surface area contributed by atoms with E-state index in [0.717, 1.165) is 35.5 Å². The zero-order chi connectivity index (χ0) is 16.4. The number of anilines is 3. The molecule has 1 aliphatic rings. The van der Waals surface area contributed by atoms with E-state index >= 15 is 0 Å². The van der Waals surface area contributed by atoms with E-state index in [-0.39, 0.29) is 0 Å². The highest BCUT2D eigenvalue weighted by Crippen LogP contribution is 2.24. The van der Waals surface area contributed by atoms with Crippen LogP contribution in [0.25, 0.3) is 0 Å². The van der Waals surface area contributed by atoms with Gasteiger partial charge >= 0.3 is 0 Å². The fourth-order valence-electron chi connectivity index (χ4n) is 2.97. The molecule has 0 unspecified atom stereocenters. The highest BCUT2D eigenvalue weighted by molar-refractivity contribution is 9.10. The van der Waals surface area contributed by atoms with Gasteiger partial charge in [-0.05, 0) is 41.8 Å². The van der Waals surface area contributed by atoms with Crippen molar-refractivity contribution in [1.82, 2.24) is 9.97 Å². The average molecular weight is 381 g/mol. The lowest BCUT2D eigenvalue weighted by molar-refractivity contribution is 0.720. The molecule has 0 saturated carbocycles. The van der Waals surface area contributed by atoms with E-state index in [1.54, 1.807) is 0 Å². The first-order valence-corrected chi connectivity index (χ1v) is 8.74. The van der Waals surface area contributed by atoms with Crippen molar-refractivity contribution in [1.29, 1.82) is 0 Å². The minimum atomic E-state index is 0.615. The van der Waals surface area contributed by atoms with Gasteiger partial charge in [0.05, 0.1) is 0 Å². The first-order valence-electron chi connectivity index (χ1n) is 7.95. The maximum absolute atomic E-state index is 4.68. The number of hydrogen-bond acceptors (Lipinski definition) is 4. The predicted octanol–water partition coefficient (Wildman–Crippen LogP) is 4.55. The maximum atomic E-state index is 4.68. The van der Waals surface area contributed by atoms with Crippen molar-refractivity contribution < 1.29 is 0 Å². The monoisotopic (exact) mass is 380 g/mol. The lowest BCUT2D eigenvalue weighted by atomic mass is 10.00. The number of benzene rings is 2. The number of fused-ring (bicyclic) bond motifs is 1. The summed E-state index contributed by atoms with van der Waals surface area (Å²) in [6.45, 7) is 1.87. The van der Waals surface area contributed by atoms with E-state index in [4.69, 9.17) is 0 Å². The van der Waals surface area contributed by atoms with E-state index in [1.165, 1.54) is 11.1 Å². The van der Waals surface area contributed by atoms with Gasteiger partial charge < -0.3 is 10.2 Å². The van der Waals surface area contributed by atoms with Crippen LogP contribution in [-0.2, 0) is 13.0 Å². The lowest BCUT2D eigenvalue weighted by Gasteiger charge is -2.29. The molecule has 2 heterocycles. The van der Waals surface area contributed by atoms with Crippen molar-refractivity contribution in [2.24, 2.45) is 0 Å². The predicted molar refractivity (Wildman–Crippen MR) is 101 cm³/mol. The summed E-state index contributed by atoms with van der Waals surface area (Å²) in [4.78, 5) is 11.3. The molecule has 2 aromatic carbocycles. The summed E-state index contributed by atoms with van der Waals surface area (Å²) in [5.74, 6) is 1.57. The fraction of sp³-hybridized carbons (Fsp3) is 0.158. The van der Waals surface area contributed by atoms with Gasteiger partial charge in [-0.1, -0.05) is 46.3 Å². The number of nitrogens with one attached hydrogen (secondary N) is 1. The van der Waals surface area contributed by atoms with Crippen LogP contribution in [0.15, 0.2) is 65.3 Å². The summed E-state index contributed by atoms with van der Waals surface area (Å²) in [6, 6.07) is 18.6. The molecule has 1 aromatic heterocycles. The van der Waals surface area contributed by atoms with Crippen LogP contribution in [0, 0.1) is 0 Å². The first-order chi connectivity index (χ1) is 11.8. The van der Waals surface area contributed by atoms with Gasteiger partial charge in [-0.25, -0.2) is 4.98 Å². The van der Waals surface area contributed by atoms with Gasteiger partial charge in [-0.15, -0.1) is 0 Å². The number of aromatic nitrogens is 2. The highest BCUT2D eigenvalue weighted by atomic mass is 79.9. The molecule has 3 aromatic rings. The number of hydrogen-bond donors (Lipinski definition) is 1. The van der Waals surface area contributed by atoms with E-state index in [2.05, 4.69) is 60.4 Å². The Morgan fingerprint density at radius 3 is 2.75 bits per heavy atom. The first kappa shape index (κ1) is 15.1. The summed E-state index contributed by atoms with van der Waals surface area (Å²) in [6.07, 6.45) is 2.86. The van der Waals surface area contributed by atoms with Crippen LogP contribution in [0.4, 0.5) is 17.5 Å². The molecule has 1 aliphatic heterocycles. The summed E-state index contributed by atoms with van der Waals surface area (Å²) < 4.78 is 1.02. The van der Waals surface area contributed by atoms with E-state index in [9.17, 15) is 0 Å². The molecule has 0 radical (unpaired) electrons. The molecule has 0 bridgehead atoms. The Balaban J connectivity index is 1.55. The van der Waals surface area contributed by atoms with Gasteiger partial charge in [0.15, 0.2) is 0 Å². The van der Waals surface area contributed by atoms with Crippen LogP contribution < -0.4 is 10.2 Å². The van der Waals surface area contributed by atoms with E-state index < -0.39 is 0 Å². The van der Waals surface area contributed by atoms with Gasteiger partial charge in [-0.3, -0.25) is 0 Å². The SMILES string of the molecule is Brc1cccc(Nc2nccc(N3CCc4ccccc4C3)n2)c1. The Bertz CT molecular complexity index is 865. The minimum Gasteiger partial charge on any atom is -0.352 e. The Morgan fingerprint density at radius 2 is 1.88 bits per heavy atom. The van der Waals surface area contributed by atoms with Crippen molar-refractivity contribution in [3.63, 3.8) is 0 Å². The molecule has 4 nitrogen and oxygen atoms in total. The Kier molecular flexibility index (Phi) is 4.17. The Hall–Kier alpha value is -2.40. The molecule has 0 aliphatic carbocycles. The van der Waals surface area contributed by atoms with Crippen molar-refractivity contribution in [2.75, 3.05) is 16.8 Å². The number of rotatable bonds is 3. The standard InChI is InChI=1S/C19H17BrN4/c20-16-6-3-7-17(12-16)22-19-21-10-8-18(23-19)24-11-9-14-4-1-2-5-15(14)13-24/h1-8,10,12H,9,11,13H2,(H,21,22,23). The number of halogens is 1. The molecule has 0 spiro atoms. The zero-order valence-corrected chi connectivity index (χ0v) is 14.7. The van der Waals surface area contributed by atoms with Crippen molar-refractivity contribution >= 4 is 33.4 Å². The second-order valence-corrected chi connectivity index (χ2v) is 6.73. The van der Waals surface area contributed by atoms with E-state index in [0.29, 0.717) is 5.95 Å². The molecule has 0 atom stereocenters. The van der Waals surface area contributed by atoms with Crippen LogP contribution in [0.5, 0.6) is 0 Å². The van der Waals surface area contributed by atoms with Crippen molar-refractivity contribution in [3.05, 3.63) is 76.4 Å². The van der Waals surface area contributed by atoms with Crippen molar-refractivity contribution in [2.45, 2.75) is 13.0 Å². The summed E-state index contributed by atoms with van der Waals surface area (Å²) in [7, 11) is 0. The minimum absolute atomic E-state index is 0.615. The van der Waals surface area contributed by atoms with Gasteiger partial charge in [-0.2, -0.15) is 4.98 Å². The maximum Gasteiger partial charge on any atom is 0.229 e. The third-order valence-corrected chi connectivity index (χ3v) is 4.67. The second-order valence-electron chi connectivity index (χ2n) is 5.81. The van der Waals surface area contributed by atoms with Crippen LogP contribution >= 0.6 is 15.9 Å². The molecule has 0 saturated heterocycles. The molecule has 5 heteroatoms. The van der Waals surface area contributed by atoms with Crippen LogP contribution in [0.2, 0.25) is 0 Å². The molecule has 1 N–H and O–H groups in total.